The molecule has 1 aliphatic rings. The van der Waals surface area contributed by atoms with Crippen molar-refractivity contribution in [3.63, 3.8) is 0 Å². The molecule has 3 rings (SSSR count). The molecule has 2 aromatic rings. The Morgan fingerprint density at radius 2 is 2.09 bits per heavy atom. The molecular weight excluding hydrogens is 280 g/mol. The zero-order valence-corrected chi connectivity index (χ0v) is 13.2. The van der Waals surface area contributed by atoms with Crippen LogP contribution in [0.5, 0.6) is 6.01 Å². The number of nitrogens with two attached hydrogens (primary N) is 1. The van der Waals surface area contributed by atoms with Crippen molar-refractivity contribution < 1.29 is 9.47 Å². The van der Waals surface area contributed by atoms with Gasteiger partial charge in [0.2, 0.25) is 0 Å². The number of benzene rings is 1. The van der Waals surface area contributed by atoms with Gasteiger partial charge in [-0.3, -0.25) is 4.90 Å². The van der Waals surface area contributed by atoms with Crippen LogP contribution in [0.25, 0.3) is 10.9 Å². The summed E-state index contributed by atoms with van der Waals surface area (Å²) in [5.74, 6) is 0.435. The number of fused-ring (bicyclic) bond motifs is 1. The molecule has 0 radical (unpaired) electrons. The third-order valence-electron chi connectivity index (χ3n) is 4.28. The van der Waals surface area contributed by atoms with Crippen molar-refractivity contribution in [3.8, 4) is 6.01 Å². The number of hydrogen-bond acceptors (Lipinski definition) is 6. The molecule has 1 aromatic carbocycles. The first kappa shape index (κ1) is 15.0. The molecule has 0 aliphatic carbocycles. The van der Waals surface area contributed by atoms with E-state index in [0.717, 1.165) is 17.4 Å². The Kier molecular flexibility index (Phi) is 4.13. The van der Waals surface area contributed by atoms with Crippen molar-refractivity contribution in [2.75, 3.05) is 25.9 Å². The van der Waals surface area contributed by atoms with Gasteiger partial charge in [-0.15, -0.1) is 0 Å². The maximum Gasteiger partial charge on any atom is 0.319 e. The highest BCUT2D eigenvalue weighted by atomic mass is 16.5. The Hall–Kier alpha value is -1.92. The van der Waals surface area contributed by atoms with E-state index in [4.69, 9.17) is 15.2 Å². The minimum absolute atomic E-state index is 0.00694. The van der Waals surface area contributed by atoms with Gasteiger partial charge >= 0.3 is 6.01 Å². The lowest BCUT2D eigenvalue weighted by molar-refractivity contribution is -0.112. The van der Waals surface area contributed by atoms with Gasteiger partial charge in [0.15, 0.2) is 0 Å². The van der Waals surface area contributed by atoms with Gasteiger partial charge in [0.05, 0.1) is 11.6 Å². The van der Waals surface area contributed by atoms with Gasteiger partial charge in [-0.25, -0.2) is 0 Å². The third kappa shape index (κ3) is 2.98. The molecule has 6 heteroatoms. The molecule has 2 heterocycles. The number of hydrogen-bond donors (Lipinski definition) is 1. The van der Waals surface area contributed by atoms with E-state index in [0.29, 0.717) is 24.5 Å². The van der Waals surface area contributed by atoms with E-state index in [1.165, 1.54) is 0 Å². The normalized spacial score (nSPS) is 26.2. The van der Waals surface area contributed by atoms with Gasteiger partial charge in [0.25, 0.3) is 0 Å². The van der Waals surface area contributed by atoms with Crippen molar-refractivity contribution in [2.45, 2.75) is 32.1 Å². The first-order chi connectivity index (χ1) is 10.5. The number of nitrogens with zero attached hydrogens (tertiary/aromatic N) is 3. The Labute approximate surface area is 130 Å². The van der Waals surface area contributed by atoms with Crippen molar-refractivity contribution in [1.82, 2.24) is 14.9 Å². The van der Waals surface area contributed by atoms with Crippen LogP contribution in [0.15, 0.2) is 24.3 Å². The molecule has 0 saturated carbocycles. The minimum atomic E-state index is 0.00694. The summed E-state index contributed by atoms with van der Waals surface area (Å²) < 4.78 is 11.7. The highest BCUT2D eigenvalue weighted by Crippen LogP contribution is 2.21. The van der Waals surface area contributed by atoms with Crippen LogP contribution in [-0.4, -0.2) is 53.3 Å². The quantitative estimate of drug-likeness (QED) is 0.930. The number of ether oxygens (including phenoxy) is 2. The average Bonchev–Trinajstić information content (AvgIpc) is 2.50. The van der Waals surface area contributed by atoms with E-state index in [9.17, 15) is 0 Å². The summed E-state index contributed by atoms with van der Waals surface area (Å²) in [6.45, 7) is 5.49. The van der Waals surface area contributed by atoms with E-state index in [2.05, 4.69) is 35.8 Å². The second-order valence-electron chi connectivity index (χ2n) is 5.86. The average molecular weight is 302 g/mol. The SMILES string of the molecule is C[C@@H]1O[C@@H](COc2nc(N)c3ccccc3n2)CN(C)[C@H]1C. The fourth-order valence-corrected chi connectivity index (χ4v) is 2.71. The molecule has 3 atom stereocenters. The number of rotatable bonds is 3. The van der Waals surface area contributed by atoms with Gasteiger partial charge < -0.3 is 15.2 Å². The van der Waals surface area contributed by atoms with Crippen LogP contribution in [0.4, 0.5) is 5.82 Å². The lowest BCUT2D eigenvalue weighted by Gasteiger charge is -2.39. The summed E-state index contributed by atoms with van der Waals surface area (Å²) in [5, 5.41) is 0.839. The highest BCUT2D eigenvalue weighted by molar-refractivity contribution is 5.88. The number of morpholine rings is 1. The number of aromatic nitrogens is 2. The number of anilines is 1. The van der Waals surface area contributed by atoms with Crippen LogP contribution in [0.3, 0.4) is 0 Å². The van der Waals surface area contributed by atoms with Crippen LogP contribution < -0.4 is 10.5 Å². The number of nitrogen functional groups attached to an aromatic ring is 1. The van der Waals surface area contributed by atoms with Crippen molar-refractivity contribution >= 4 is 16.7 Å². The molecule has 1 aliphatic heterocycles. The maximum absolute atomic E-state index is 5.96. The Balaban J connectivity index is 1.69. The van der Waals surface area contributed by atoms with Gasteiger partial charge in [-0.2, -0.15) is 9.97 Å². The summed E-state index contributed by atoms with van der Waals surface area (Å²) in [6, 6.07) is 8.33. The van der Waals surface area contributed by atoms with Crippen LogP contribution in [0.2, 0.25) is 0 Å². The van der Waals surface area contributed by atoms with Gasteiger partial charge in [-0.05, 0) is 33.0 Å². The van der Waals surface area contributed by atoms with Crippen molar-refractivity contribution in [2.24, 2.45) is 0 Å². The molecule has 1 saturated heterocycles. The lowest BCUT2D eigenvalue weighted by atomic mass is 10.1. The molecule has 118 valence electrons. The second kappa shape index (κ2) is 6.06. The molecule has 0 spiro atoms. The zero-order valence-electron chi connectivity index (χ0n) is 13.2. The molecular formula is C16H22N4O2. The van der Waals surface area contributed by atoms with Gasteiger partial charge in [0.1, 0.15) is 18.5 Å². The Bertz CT molecular complexity index is 652. The third-order valence-corrected chi connectivity index (χ3v) is 4.28. The van der Waals surface area contributed by atoms with E-state index < -0.39 is 0 Å². The number of likely N-dealkylation sites (N-methyl/N-ethyl adjacent to an activating group) is 1. The monoisotopic (exact) mass is 302 g/mol. The van der Waals surface area contributed by atoms with E-state index in [1.54, 1.807) is 0 Å². The van der Waals surface area contributed by atoms with Gasteiger partial charge in [-0.1, -0.05) is 12.1 Å². The fraction of sp³-hybridized carbons (Fsp3) is 0.500. The predicted molar refractivity (Wildman–Crippen MR) is 85.9 cm³/mol. The Morgan fingerprint density at radius 1 is 1.32 bits per heavy atom. The predicted octanol–water partition coefficient (Wildman–Crippen LogP) is 1.70. The minimum Gasteiger partial charge on any atom is -0.461 e. The zero-order chi connectivity index (χ0) is 15.7. The fourth-order valence-electron chi connectivity index (χ4n) is 2.71. The summed E-state index contributed by atoms with van der Waals surface area (Å²) in [4.78, 5) is 10.9. The molecule has 2 N–H and O–H groups in total. The largest absolute Gasteiger partial charge is 0.461 e. The summed E-state index contributed by atoms with van der Waals surface area (Å²) >= 11 is 0. The van der Waals surface area contributed by atoms with Gasteiger partial charge in [0, 0.05) is 18.0 Å². The molecule has 0 unspecified atom stereocenters. The number of para-hydroxylation sites is 1. The molecule has 0 amide bonds. The van der Waals surface area contributed by atoms with Crippen LogP contribution in [0, 0.1) is 0 Å². The summed E-state index contributed by atoms with van der Waals surface area (Å²) in [5.41, 5.74) is 6.74. The van der Waals surface area contributed by atoms with Crippen LogP contribution in [-0.2, 0) is 4.74 Å². The molecule has 6 nitrogen and oxygen atoms in total. The van der Waals surface area contributed by atoms with E-state index in [1.807, 2.05) is 24.3 Å². The van der Waals surface area contributed by atoms with Crippen LogP contribution in [0.1, 0.15) is 13.8 Å². The molecule has 1 aromatic heterocycles. The lowest BCUT2D eigenvalue weighted by Crippen LogP contribution is -2.52. The molecule has 1 fully saturated rings. The van der Waals surface area contributed by atoms with Crippen molar-refractivity contribution in [1.29, 1.82) is 0 Å². The second-order valence-corrected chi connectivity index (χ2v) is 5.86. The smallest absolute Gasteiger partial charge is 0.319 e. The van der Waals surface area contributed by atoms with Crippen LogP contribution >= 0.6 is 0 Å². The Morgan fingerprint density at radius 3 is 2.86 bits per heavy atom. The first-order valence-electron chi connectivity index (χ1n) is 7.55. The topological polar surface area (TPSA) is 73.5 Å². The standard InChI is InChI=1S/C16H22N4O2/c1-10-11(2)22-12(8-20(10)3)9-21-16-18-14-7-5-4-6-13(14)15(17)19-16/h4-7,10-12H,8-9H2,1-3H3,(H2,17,18,19)/t10-,11-,12+/m0/s1. The molecule has 0 bridgehead atoms. The first-order valence-corrected chi connectivity index (χ1v) is 7.55. The summed E-state index contributed by atoms with van der Waals surface area (Å²) in [7, 11) is 2.10. The maximum atomic E-state index is 5.96. The van der Waals surface area contributed by atoms with E-state index in [-0.39, 0.29) is 12.2 Å². The van der Waals surface area contributed by atoms with E-state index >= 15 is 0 Å². The molecule has 22 heavy (non-hydrogen) atoms. The highest BCUT2D eigenvalue weighted by Gasteiger charge is 2.29. The van der Waals surface area contributed by atoms with Crippen molar-refractivity contribution in [3.05, 3.63) is 24.3 Å². The summed E-state index contributed by atoms with van der Waals surface area (Å²) in [6.07, 6.45) is 0.183.